The lowest BCUT2D eigenvalue weighted by Gasteiger charge is -2.19. The molecule has 0 aliphatic heterocycles. The van der Waals surface area contributed by atoms with Gasteiger partial charge in [0.25, 0.3) is 0 Å². The van der Waals surface area contributed by atoms with Crippen LogP contribution >= 0.6 is 0 Å². The fourth-order valence-electron chi connectivity index (χ4n) is 2.68. The molecule has 0 heterocycles. The van der Waals surface area contributed by atoms with Crippen LogP contribution < -0.4 is 16.0 Å². The zero-order valence-corrected chi connectivity index (χ0v) is 13.8. The summed E-state index contributed by atoms with van der Waals surface area (Å²) in [5, 5.41) is 9.17. The van der Waals surface area contributed by atoms with Gasteiger partial charge >= 0.3 is 0 Å². The summed E-state index contributed by atoms with van der Waals surface area (Å²) in [7, 11) is 3.76. The number of hydrogen-bond acceptors (Lipinski definition) is 3. The first-order valence-electron chi connectivity index (χ1n) is 7.87. The van der Waals surface area contributed by atoms with E-state index in [0.29, 0.717) is 5.92 Å². The lowest BCUT2D eigenvalue weighted by atomic mass is 9.96. The summed E-state index contributed by atoms with van der Waals surface area (Å²) in [6, 6.07) is 6.30. The van der Waals surface area contributed by atoms with E-state index in [1.807, 2.05) is 33.3 Å². The average molecular weight is 303 g/mol. The number of likely N-dealkylation sites (N-methyl/N-ethyl adjacent to an activating group) is 1. The first kappa shape index (κ1) is 16.4. The van der Waals surface area contributed by atoms with Gasteiger partial charge in [-0.2, -0.15) is 0 Å². The van der Waals surface area contributed by atoms with Gasteiger partial charge in [0.05, 0.1) is 5.70 Å². The number of alkyl halides is 1. The molecule has 22 heavy (non-hydrogen) atoms. The van der Waals surface area contributed by atoms with Crippen molar-refractivity contribution in [3.8, 4) is 0 Å². The largest absolute Gasteiger partial charge is 0.392 e. The Labute approximate surface area is 132 Å². The fraction of sp³-hybridized carbons (Fsp3) is 0.444. The zero-order chi connectivity index (χ0) is 16.1. The van der Waals surface area contributed by atoms with Crippen LogP contribution in [-0.2, 0) is 0 Å². The molecule has 1 fully saturated rings. The molecule has 0 bridgehead atoms. The molecular weight excluding hydrogens is 277 g/mol. The maximum absolute atomic E-state index is 13.5. The predicted octanol–water partition coefficient (Wildman–Crippen LogP) is 3.97. The number of allylic oxidation sites excluding steroid dienone is 2. The van der Waals surface area contributed by atoms with E-state index < -0.39 is 6.30 Å². The van der Waals surface area contributed by atoms with Crippen molar-refractivity contribution in [1.29, 1.82) is 0 Å². The first-order valence-corrected chi connectivity index (χ1v) is 7.87. The second kappa shape index (κ2) is 7.34. The Morgan fingerprint density at radius 2 is 2.05 bits per heavy atom. The number of hydrogen-bond donors (Lipinski definition) is 3. The van der Waals surface area contributed by atoms with Gasteiger partial charge < -0.3 is 16.0 Å². The highest BCUT2D eigenvalue weighted by Crippen LogP contribution is 2.42. The van der Waals surface area contributed by atoms with Gasteiger partial charge in [-0.1, -0.05) is 12.1 Å². The van der Waals surface area contributed by atoms with Gasteiger partial charge in [0.15, 0.2) is 6.30 Å². The summed E-state index contributed by atoms with van der Waals surface area (Å²) in [4.78, 5) is 0. The molecule has 0 saturated heterocycles. The van der Waals surface area contributed by atoms with Gasteiger partial charge in [0.2, 0.25) is 0 Å². The molecule has 1 aromatic carbocycles. The minimum atomic E-state index is -1.09. The van der Waals surface area contributed by atoms with Crippen molar-refractivity contribution in [3.63, 3.8) is 0 Å². The van der Waals surface area contributed by atoms with Crippen LogP contribution in [0, 0.1) is 0 Å². The van der Waals surface area contributed by atoms with Crippen LogP contribution in [0.25, 0.3) is 5.57 Å². The molecule has 2 rings (SSSR count). The Bertz CT molecular complexity index is 572. The third kappa shape index (κ3) is 3.81. The van der Waals surface area contributed by atoms with E-state index in [0.717, 1.165) is 22.5 Å². The molecular formula is C18H26FN3. The van der Waals surface area contributed by atoms with E-state index in [9.17, 15) is 4.39 Å². The molecule has 120 valence electrons. The van der Waals surface area contributed by atoms with Crippen molar-refractivity contribution in [2.24, 2.45) is 0 Å². The Hall–Kier alpha value is -1.97. The predicted molar refractivity (Wildman–Crippen MR) is 92.5 cm³/mol. The topological polar surface area (TPSA) is 36.1 Å². The van der Waals surface area contributed by atoms with Crippen LogP contribution in [0.2, 0.25) is 0 Å². The Balaban J connectivity index is 2.47. The van der Waals surface area contributed by atoms with E-state index >= 15 is 0 Å². The van der Waals surface area contributed by atoms with Crippen molar-refractivity contribution in [2.75, 3.05) is 19.4 Å². The number of anilines is 1. The van der Waals surface area contributed by atoms with Crippen molar-refractivity contribution in [3.05, 3.63) is 47.3 Å². The summed E-state index contributed by atoms with van der Waals surface area (Å²) < 4.78 is 13.5. The van der Waals surface area contributed by atoms with Crippen molar-refractivity contribution in [1.82, 2.24) is 10.6 Å². The van der Waals surface area contributed by atoms with E-state index in [4.69, 9.17) is 0 Å². The highest BCUT2D eigenvalue weighted by Gasteiger charge is 2.25. The lowest BCUT2D eigenvalue weighted by molar-refractivity contribution is 0.402. The van der Waals surface area contributed by atoms with Gasteiger partial charge in [-0.15, -0.1) is 0 Å². The number of nitrogens with one attached hydrogen (secondary N) is 3. The molecule has 1 unspecified atom stereocenters. The molecule has 4 heteroatoms. The normalized spacial score (nSPS) is 17.1. The van der Waals surface area contributed by atoms with Gasteiger partial charge in [0.1, 0.15) is 0 Å². The summed E-state index contributed by atoms with van der Waals surface area (Å²) in [6.45, 7) is 3.51. The smallest absolute Gasteiger partial charge is 0.167 e. The van der Waals surface area contributed by atoms with Gasteiger partial charge in [0, 0.05) is 37.1 Å². The van der Waals surface area contributed by atoms with Crippen molar-refractivity contribution in [2.45, 2.75) is 38.9 Å². The summed E-state index contributed by atoms with van der Waals surface area (Å²) in [5.74, 6) is 0.667. The molecule has 3 nitrogen and oxygen atoms in total. The lowest BCUT2D eigenvalue weighted by Crippen LogP contribution is -2.15. The second-order valence-corrected chi connectivity index (χ2v) is 5.64. The average Bonchev–Trinajstić information content (AvgIpc) is 3.32. The maximum atomic E-state index is 13.5. The highest BCUT2D eigenvalue weighted by atomic mass is 19.1. The van der Waals surface area contributed by atoms with Crippen LogP contribution in [0.15, 0.2) is 36.2 Å². The van der Waals surface area contributed by atoms with E-state index in [-0.39, 0.29) is 0 Å². The maximum Gasteiger partial charge on any atom is 0.167 e. The Morgan fingerprint density at radius 1 is 1.32 bits per heavy atom. The Morgan fingerprint density at radius 3 is 2.55 bits per heavy atom. The standard InChI is InChI=1S/C18H26FN3/c1-5-15(18(21-4)11-20-3)16-10-14(13-6-7-13)8-9-17(16)22-12(2)19/h5,8-13,20-22H,6-7H2,1-4H3/b15-5-,18-11+. The molecule has 1 atom stereocenters. The van der Waals surface area contributed by atoms with Crippen molar-refractivity contribution < 1.29 is 4.39 Å². The van der Waals surface area contributed by atoms with E-state index in [1.165, 1.54) is 25.3 Å². The van der Waals surface area contributed by atoms with Crippen molar-refractivity contribution >= 4 is 11.3 Å². The Kier molecular flexibility index (Phi) is 5.47. The molecule has 1 aromatic rings. The van der Waals surface area contributed by atoms with Gasteiger partial charge in [-0.25, -0.2) is 4.39 Å². The number of benzene rings is 1. The monoisotopic (exact) mass is 303 g/mol. The van der Waals surface area contributed by atoms with Crippen LogP contribution in [0.5, 0.6) is 0 Å². The third-order valence-electron chi connectivity index (χ3n) is 3.87. The molecule has 0 radical (unpaired) electrons. The second-order valence-electron chi connectivity index (χ2n) is 5.64. The third-order valence-corrected chi connectivity index (χ3v) is 3.87. The number of rotatable bonds is 7. The SMILES string of the molecule is C/C=C(\C(=C/NC)NC)c1cc(C2CC2)ccc1NC(C)F. The molecule has 0 spiro atoms. The molecule has 1 aliphatic rings. The molecule has 0 aromatic heterocycles. The summed E-state index contributed by atoms with van der Waals surface area (Å²) >= 11 is 0. The number of halogens is 1. The van der Waals surface area contributed by atoms with Gasteiger partial charge in [-0.3, -0.25) is 0 Å². The highest BCUT2D eigenvalue weighted by molar-refractivity contribution is 5.85. The van der Waals surface area contributed by atoms with Crippen LogP contribution in [0.1, 0.15) is 43.7 Å². The molecule has 1 saturated carbocycles. The first-order chi connectivity index (χ1) is 10.6. The zero-order valence-electron chi connectivity index (χ0n) is 13.8. The fourth-order valence-corrected chi connectivity index (χ4v) is 2.68. The van der Waals surface area contributed by atoms with Gasteiger partial charge in [-0.05, 0) is 50.3 Å². The van der Waals surface area contributed by atoms with E-state index in [2.05, 4.69) is 34.2 Å². The minimum absolute atomic E-state index is 0.667. The summed E-state index contributed by atoms with van der Waals surface area (Å²) in [6.07, 6.45) is 5.39. The van der Waals surface area contributed by atoms with Crippen LogP contribution in [-0.4, -0.2) is 20.4 Å². The minimum Gasteiger partial charge on any atom is -0.392 e. The molecule has 1 aliphatic carbocycles. The quantitative estimate of drug-likeness (QED) is 0.527. The molecule has 3 N–H and O–H groups in total. The summed E-state index contributed by atoms with van der Waals surface area (Å²) in [5.41, 5.74) is 5.23. The van der Waals surface area contributed by atoms with Crippen LogP contribution in [0.3, 0.4) is 0 Å². The van der Waals surface area contributed by atoms with E-state index in [1.54, 1.807) is 0 Å². The molecule has 0 amide bonds. The van der Waals surface area contributed by atoms with Crippen LogP contribution in [0.4, 0.5) is 10.1 Å².